The molecule has 0 saturated heterocycles. The Morgan fingerprint density at radius 2 is 1.58 bits per heavy atom. The zero-order chi connectivity index (χ0) is 27.0. The number of benzene rings is 2. The van der Waals surface area contributed by atoms with Gasteiger partial charge in [-0.25, -0.2) is 4.79 Å². The molecule has 2 aromatic carbocycles. The Balaban J connectivity index is 0.000000261. The van der Waals surface area contributed by atoms with E-state index >= 15 is 0 Å². The molecule has 0 aromatic heterocycles. The van der Waals surface area contributed by atoms with Gasteiger partial charge in [0.25, 0.3) is 11.4 Å². The minimum atomic E-state index is -1.21. The van der Waals surface area contributed by atoms with Crippen LogP contribution >= 0.6 is 0 Å². The smallest absolute Gasteiger partial charge is 0.337 e. The molecule has 1 N–H and O–H groups in total. The van der Waals surface area contributed by atoms with Crippen LogP contribution in [0.3, 0.4) is 0 Å². The third kappa shape index (κ3) is 6.59. The van der Waals surface area contributed by atoms with Crippen molar-refractivity contribution in [2.75, 3.05) is 13.2 Å². The van der Waals surface area contributed by atoms with Gasteiger partial charge in [-0.2, -0.15) is 0 Å². The van der Waals surface area contributed by atoms with E-state index in [0.717, 1.165) is 11.5 Å². The Labute approximate surface area is 204 Å². The maximum atomic E-state index is 11.9. The number of hydrogen-bond donors (Lipinski definition) is 1. The minimum Gasteiger partial charge on any atom is -0.497 e. The lowest BCUT2D eigenvalue weighted by molar-refractivity contribution is -0.404. The summed E-state index contributed by atoms with van der Waals surface area (Å²) >= 11 is 0. The van der Waals surface area contributed by atoms with Crippen molar-refractivity contribution in [2.45, 2.75) is 27.3 Å². The van der Waals surface area contributed by atoms with Crippen LogP contribution in [-0.4, -0.2) is 49.7 Å². The summed E-state index contributed by atoms with van der Waals surface area (Å²) in [5.74, 6) is -0.542. The lowest BCUT2D eigenvalue weighted by Gasteiger charge is -2.30. The predicted molar refractivity (Wildman–Crippen MR) is 127 cm³/mol. The number of phenols is 1. The quantitative estimate of drug-likeness (QED) is 0.331. The van der Waals surface area contributed by atoms with Gasteiger partial charge in [-0.05, 0) is 26.3 Å². The number of rotatable bonds is 7. The van der Waals surface area contributed by atoms with E-state index < -0.39 is 37.6 Å². The summed E-state index contributed by atoms with van der Waals surface area (Å²) in [5, 5.41) is 40.2. The monoisotopic (exact) mass is 501 g/mol. The van der Waals surface area contributed by atoms with E-state index in [1.54, 1.807) is 0 Å². The van der Waals surface area contributed by atoms with E-state index in [2.05, 4.69) is 22.0 Å². The zero-order valence-electron chi connectivity index (χ0n) is 19.6. The van der Waals surface area contributed by atoms with Crippen LogP contribution in [0.15, 0.2) is 58.7 Å². The fourth-order valence-electron chi connectivity index (χ4n) is 3.20. The number of amidine groups is 1. The lowest BCUT2D eigenvalue weighted by atomic mass is 10.1. The number of nitrogens with zero attached hydrogens (tertiary/aromatic N) is 5. The summed E-state index contributed by atoms with van der Waals surface area (Å²) in [6.07, 6.45) is 0. The number of aliphatic imine (C=N–C) groups is 1. The lowest BCUT2D eigenvalue weighted by Crippen LogP contribution is -2.33. The van der Waals surface area contributed by atoms with Crippen LogP contribution in [0.5, 0.6) is 5.75 Å². The molecule has 0 saturated carbocycles. The molecule has 1 aliphatic rings. The number of carbonyl (C=O) groups excluding carboxylic acids is 1. The van der Waals surface area contributed by atoms with Crippen LogP contribution in [0.25, 0.3) is 0 Å². The highest BCUT2D eigenvalue weighted by Gasteiger charge is 2.30. The van der Waals surface area contributed by atoms with Crippen molar-refractivity contribution in [3.05, 3.63) is 89.6 Å². The average molecular weight is 501 g/mol. The molecule has 36 heavy (non-hydrogen) atoms. The first-order valence-corrected chi connectivity index (χ1v) is 10.5. The van der Waals surface area contributed by atoms with Crippen LogP contribution in [0.2, 0.25) is 0 Å². The first kappa shape index (κ1) is 27.4. The molecular formula is C22H23N5O9. The maximum absolute atomic E-state index is 11.9. The second-order valence-corrected chi connectivity index (χ2v) is 7.32. The molecule has 0 bridgehead atoms. The van der Waals surface area contributed by atoms with Crippen LogP contribution in [0.1, 0.15) is 26.3 Å². The molecular weight excluding hydrogens is 478 g/mol. The molecule has 0 aliphatic carbocycles. The highest BCUT2D eigenvalue weighted by Crippen LogP contribution is 2.38. The van der Waals surface area contributed by atoms with E-state index in [1.165, 1.54) is 5.56 Å². The Bertz CT molecular complexity index is 1210. The normalized spacial score (nSPS) is 12.8. The van der Waals surface area contributed by atoms with Gasteiger partial charge in [0.1, 0.15) is 5.84 Å². The fraction of sp³-hybridized carbons (Fsp3) is 0.273. The van der Waals surface area contributed by atoms with Gasteiger partial charge in [0, 0.05) is 12.2 Å². The zero-order valence-corrected chi connectivity index (χ0v) is 19.6. The molecule has 1 aliphatic heterocycles. The molecule has 3 rings (SSSR count). The van der Waals surface area contributed by atoms with Crippen LogP contribution in [0.4, 0.5) is 17.1 Å². The highest BCUT2D eigenvalue weighted by molar-refractivity contribution is 5.93. The number of allylic oxidation sites excluding steroid dienone is 1. The topological polar surface area (TPSA) is 192 Å². The summed E-state index contributed by atoms with van der Waals surface area (Å²) in [5.41, 5.74) is -0.238. The van der Waals surface area contributed by atoms with Crippen molar-refractivity contribution in [1.82, 2.24) is 4.90 Å². The Morgan fingerprint density at radius 1 is 1.03 bits per heavy atom. The highest BCUT2D eigenvalue weighted by atomic mass is 16.6. The summed E-state index contributed by atoms with van der Waals surface area (Å²) in [7, 11) is 0. The number of esters is 1. The molecule has 14 nitrogen and oxygen atoms in total. The third-order valence-electron chi connectivity index (χ3n) is 5.06. The molecule has 0 radical (unpaired) electrons. The fourth-order valence-corrected chi connectivity index (χ4v) is 3.20. The summed E-state index contributed by atoms with van der Waals surface area (Å²) in [4.78, 5) is 46.2. The number of aromatic hydroxyl groups is 1. The van der Waals surface area contributed by atoms with Crippen molar-refractivity contribution in [3.8, 4) is 5.75 Å². The molecule has 0 atom stereocenters. The molecule has 0 fully saturated rings. The number of nitro benzene ring substituents is 3. The van der Waals surface area contributed by atoms with E-state index in [-0.39, 0.29) is 5.97 Å². The van der Waals surface area contributed by atoms with Gasteiger partial charge in [-0.3, -0.25) is 35.3 Å². The molecule has 0 amide bonds. The summed E-state index contributed by atoms with van der Waals surface area (Å²) in [6.45, 7) is 7.23. The molecule has 190 valence electrons. The van der Waals surface area contributed by atoms with E-state index in [0.29, 0.717) is 37.4 Å². The third-order valence-corrected chi connectivity index (χ3v) is 5.06. The number of phenolic OH excluding ortho intramolecular Hbond substituents is 1. The van der Waals surface area contributed by atoms with Gasteiger partial charge in [0.2, 0.25) is 0 Å². The molecule has 0 spiro atoms. The Hall–Kier alpha value is -4.88. The standard InChI is InChI=1S/C16H20N2O2.C6H3N3O7/c1-4-20-16(19)15-10-17-13(3)18(12(15)2)11-14-8-6-5-7-9-14;10-6-4(8(13)14)1-3(7(11)12)2-5(6)9(15)16/h5-9H,4,10-11H2,1-3H3;1-2,10H. The van der Waals surface area contributed by atoms with Crippen molar-refractivity contribution in [3.63, 3.8) is 0 Å². The van der Waals surface area contributed by atoms with E-state index in [9.17, 15) is 35.1 Å². The summed E-state index contributed by atoms with van der Waals surface area (Å²) < 4.78 is 5.09. The maximum Gasteiger partial charge on any atom is 0.337 e. The van der Waals surface area contributed by atoms with E-state index in [4.69, 9.17) is 9.84 Å². The van der Waals surface area contributed by atoms with Gasteiger partial charge in [-0.1, -0.05) is 30.3 Å². The first-order chi connectivity index (χ1) is 17.0. The number of carbonyl (C=O) groups is 1. The summed E-state index contributed by atoms with van der Waals surface area (Å²) in [6, 6.07) is 11.0. The van der Waals surface area contributed by atoms with Crippen LogP contribution in [-0.2, 0) is 16.1 Å². The predicted octanol–water partition coefficient (Wildman–Crippen LogP) is 3.87. The molecule has 2 aromatic rings. The van der Waals surface area contributed by atoms with Gasteiger partial charge in [0.05, 0.1) is 45.6 Å². The Kier molecular flexibility index (Phi) is 9.13. The van der Waals surface area contributed by atoms with Crippen molar-refractivity contribution in [1.29, 1.82) is 0 Å². The van der Waals surface area contributed by atoms with Crippen molar-refractivity contribution < 1.29 is 29.4 Å². The van der Waals surface area contributed by atoms with Crippen molar-refractivity contribution >= 4 is 28.9 Å². The Morgan fingerprint density at radius 3 is 2.06 bits per heavy atom. The van der Waals surface area contributed by atoms with Gasteiger partial charge in [-0.15, -0.1) is 0 Å². The number of non-ortho nitro benzene ring substituents is 1. The average Bonchev–Trinajstić information content (AvgIpc) is 2.82. The minimum absolute atomic E-state index is 0.265. The van der Waals surface area contributed by atoms with Crippen LogP contribution in [0, 0.1) is 30.3 Å². The largest absolute Gasteiger partial charge is 0.497 e. The van der Waals surface area contributed by atoms with Gasteiger partial charge >= 0.3 is 17.3 Å². The number of nitro groups is 3. The second-order valence-electron chi connectivity index (χ2n) is 7.32. The molecule has 0 unspecified atom stereocenters. The first-order valence-electron chi connectivity index (χ1n) is 10.5. The van der Waals surface area contributed by atoms with Crippen LogP contribution < -0.4 is 0 Å². The van der Waals surface area contributed by atoms with Gasteiger partial charge < -0.3 is 14.7 Å². The number of ether oxygens (including phenoxy) is 1. The second kappa shape index (κ2) is 12.0. The molecule has 14 heteroatoms. The van der Waals surface area contributed by atoms with Crippen molar-refractivity contribution in [2.24, 2.45) is 4.99 Å². The molecule has 1 heterocycles. The van der Waals surface area contributed by atoms with Gasteiger partial charge in [0.15, 0.2) is 0 Å². The number of hydrogen-bond acceptors (Lipinski definition) is 11. The SMILES string of the molecule is CCOC(=O)C1=C(C)N(Cc2ccccc2)C(C)=NC1.O=[N+]([O-])c1cc([N+](=O)[O-])c(O)c([N+](=O)[O-])c1. The van der Waals surface area contributed by atoms with E-state index in [1.807, 2.05) is 39.0 Å².